The molecular weight excluding hydrogens is 272 g/mol. The monoisotopic (exact) mass is 288 g/mol. The van der Waals surface area contributed by atoms with Gasteiger partial charge in [0.05, 0.1) is 28.9 Å². The number of allylic oxidation sites excluding steroid dienone is 2. The molecule has 21 heavy (non-hydrogen) atoms. The van der Waals surface area contributed by atoms with Crippen LogP contribution in [0.5, 0.6) is 5.75 Å². The molecule has 0 atom stereocenters. The van der Waals surface area contributed by atoms with Crippen LogP contribution in [0.25, 0.3) is 0 Å². The van der Waals surface area contributed by atoms with E-state index in [9.17, 15) is 14.9 Å². The lowest BCUT2D eigenvalue weighted by molar-refractivity contribution is -0.385. The molecular formula is C15H16N2O4. The van der Waals surface area contributed by atoms with Gasteiger partial charge in [-0.05, 0) is 26.3 Å². The predicted octanol–water partition coefficient (Wildman–Crippen LogP) is 2.82. The molecule has 0 fully saturated rings. The second-order valence-electron chi connectivity index (χ2n) is 5.91. The number of carbonyl (C=O) groups is 1. The average Bonchev–Trinajstić information content (AvgIpc) is 2.82. The standard InChI is InChI=1S/C15H16N2O4/c1-15(2)9-16(11-4-3-5-13(11)18)12-7-6-10(17(19)20)8-14(12)21-15/h4,6-8H,3,5,9H2,1-2H3. The fourth-order valence-electron chi connectivity index (χ4n) is 2.77. The highest BCUT2D eigenvalue weighted by atomic mass is 16.6. The van der Waals surface area contributed by atoms with Crippen LogP contribution in [0.15, 0.2) is 30.0 Å². The summed E-state index contributed by atoms with van der Waals surface area (Å²) < 4.78 is 5.85. The number of carbonyl (C=O) groups excluding carboxylic acids is 1. The van der Waals surface area contributed by atoms with Gasteiger partial charge in [0, 0.05) is 12.5 Å². The Morgan fingerprint density at radius 2 is 2.14 bits per heavy atom. The number of anilines is 1. The van der Waals surface area contributed by atoms with Crippen molar-refractivity contribution in [1.29, 1.82) is 0 Å². The highest BCUT2D eigenvalue weighted by Crippen LogP contribution is 2.42. The van der Waals surface area contributed by atoms with Gasteiger partial charge in [0.15, 0.2) is 11.5 Å². The van der Waals surface area contributed by atoms with Gasteiger partial charge in [-0.2, -0.15) is 0 Å². The van der Waals surface area contributed by atoms with Gasteiger partial charge in [-0.3, -0.25) is 14.9 Å². The van der Waals surface area contributed by atoms with Crippen molar-refractivity contribution in [3.8, 4) is 5.75 Å². The normalized spacial score (nSPS) is 19.8. The Labute approximate surface area is 122 Å². The van der Waals surface area contributed by atoms with Crippen LogP contribution in [0.1, 0.15) is 26.7 Å². The topological polar surface area (TPSA) is 72.7 Å². The fourth-order valence-corrected chi connectivity index (χ4v) is 2.77. The van der Waals surface area contributed by atoms with Gasteiger partial charge in [0.1, 0.15) is 5.60 Å². The SMILES string of the molecule is CC1(C)CN(C2=CCCC2=O)c2ccc([N+](=O)[O-])cc2O1. The number of nitrogens with zero attached hydrogens (tertiary/aromatic N) is 2. The molecule has 3 rings (SSSR count). The first-order valence-electron chi connectivity index (χ1n) is 6.86. The lowest BCUT2D eigenvalue weighted by Gasteiger charge is -2.40. The van der Waals surface area contributed by atoms with Gasteiger partial charge in [-0.25, -0.2) is 0 Å². The average molecular weight is 288 g/mol. The van der Waals surface area contributed by atoms with Crippen LogP contribution < -0.4 is 9.64 Å². The van der Waals surface area contributed by atoms with Crippen molar-refractivity contribution in [1.82, 2.24) is 0 Å². The van der Waals surface area contributed by atoms with Gasteiger partial charge >= 0.3 is 0 Å². The fraction of sp³-hybridized carbons (Fsp3) is 0.400. The van der Waals surface area contributed by atoms with Crippen LogP contribution in [0.4, 0.5) is 11.4 Å². The molecule has 6 nitrogen and oxygen atoms in total. The molecule has 1 aromatic carbocycles. The summed E-state index contributed by atoms with van der Waals surface area (Å²) in [7, 11) is 0. The van der Waals surface area contributed by atoms with E-state index in [4.69, 9.17) is 4.74 Å². The minimum atomic E-state index is -0.522. The predicted molar refractivity (Wildman–Crippen MR) is 77.5 cm³/mol. The molecule has 0 amide bonds. The number of nitro benzene ring substituents is 1. The number of nitro groups is 1. The summed E-state index contributed by atoms with van der Waals surface area (Å²) in [4.78, 5) is 24.4. The zero-order valence-corrected chi connectivity index (χ0v) is 12.0. The molecule has 1 aliphatic carbocycles. The van der Waals surface area contributed by atoms with E-state index >= 15 is 0 Å². The van der Waals surface area contributed by atoms with E-state index in [1.165, 1.54) is 12.1 Å². The van der Waals surface area contributed by atoms with Crippen molar-refractivity contribution < 1.29 is 14.5 Å². The van der Waals surface area contributed by atoms with Gasteiger partial charge < -0.3 is 9.64 Å². The summed E-state index contributed by atoms with van der Waals surface area (Å²) in [5, 5.41) is 10.9. The summed E-state index contributed by atoms with van der Waals surface area (Å²) in [5.74, 6) is 0.554. The van der Waals surface area contributed by atoms with E-state index in [0.29, 0.717) is 30.1 Å². The van der Waals surface area contributed by atoms with Crippen LogP contribution in [-0.4, -0.2) is 22.9 Å². The molecule has 1 aliphatic heterocycles. The quantitative estimate of drug-likeness (QED) is 0.618. The van der Waals surface area contributed by atoms with E-state index in [-0.39, 0.29) is 11.5 Å². The van der Waals surface area contributed by atoms with Crippen LogP contribution in [-0.2, 0) is 4.79 Å². The molecule has 0 saturated carbocycles. The number of ketones is 1. The van der Waals surface area contributed by atoms with Gasteiger partial charge in [-0.15, -0.1) is 0 Å². The van der Waals surface area contributed by atoms with Gasteiger partial charge in [-0.1, -0.05) is 6.08 Å². The maximum absolute atomic E-state index is 12.0. The Hall–Kier alpha value is -2.37. The molecule has 1 aromatic rings. The Balaban J connectivity index is 2.08. The van der Waals surface area contributed by atoms with Crippen molar-refractivity contribution in [2.75, 3.05) is 11.4 Å². The highest BCUT2D eigenvalue weighted by Gasteiger charge is 2.36. The van der Waals surface area contributed by atoms with E-state index in [0.717, 1.165) is 6.42 Å². The van der Waals surface area contributed by atoms with E-state index in [1.807, 2.05) is 24.8 Å². The maximum atomic E-state index is 12.0. The molecule has 0 unspecified atom stereocenters. The minimum Gasteiger partial charge on any atom is -0.484 e. The first kappa shape index (κ1) is 13.6. The van der Waals surface area contributed by atoms with Crippen LogP contribution in [0.3, 0.4) is 0 Å². The van der Waals surface area contributed by atoms with E-state index < -0.39 is 10.5 Å². The molecule has 110 valence electrons. The first-order valence-corrected chi connectivity index (χ1v) is 6.86. The summed E-state index contributed by atoms with van der Waals surface area (Å²) in [6.45, 7) is 4.35. The molecule has 0 radical (unpaired) electrons. The minimum absolute atomic E-state index is 0.0156. The van der Waals surface area contributed by atoms with Gasteiger partial charge in [0.2, 0.25) is 0 Å². The summed E-state index contributed by atoms with van der Waals surface area (Å²) in [6.07, 6.45) is 3.19. The smallest absolute Gasteiger partial charge is 0.273 e. The molecule has 0 bridgehead atoms. The molecule has 0 spiro atoms. The Morgan fingerprint density at radius 3 is 2.76 bits per heavy atom. The molecule has 2 aliphatic rings. The summed E-state index contributed by atoms with van der Waals surface area (Å²) >= 11 is 0. The number of Topliss-reactive ketones (excluding diaryl/α,β-unsaturated/α-hetero) is 1. The van der Waals surface area contributed by atoms with Crippen LogP contribution in [0, 0.1) is 10.1 Å². The molecule has 6 heteroatoms. The van der Waals surface area contributed by atoms with Crippen molar-refractivity contribution in [2.24, 2.45) is 0 Å². The van der Waals surface area contributed by atoms with Crippen molar-refractivity contribution in [3.63, 3.8) is 0 Å². The Bertz CT molecular complexity index is 664. The zero-order chi connectivity index (χ0) is 15.2. The van der Waals surface area contributed by atoms with Crippen LogP contribution >= 0.6 is 0 Å². The number of ether oxygens (including phenoxy) is 1. The van der Waals surface area contributed by atoms with Crippen LogP contribution in [0.2, 0.25) is 0 Å². The van der Waals surface area contributed by atoms with E-state index in [2.05, 4.69) is 0 Å². The second-order valence-corrected chi connectivity index (χ2v) is 5.91. The zero-order valence-electron chi connectivity index (χ0n) is 12.0. The van der Waals surface area contributed by atoms with Gasteiger partial charge in [0.25, 0.3) is 5.69 Å². The molecule has 0 aromatic heterocycles. The van der Waals surface area contributed by atoms with Crippen molar-refractivity contribution >= 4 is 17.2 Å². The number of benzene rings is 1. The van der Waals surface area contributed by atoms with Crippen molar-refractivity contribution in [3.05, 3.63) is 40.1 Å². The third-order valence-electron chi connectivity index (χ3n) is 3.66. The van der Waals surface area contributed by atoms with Crippen molar-refractivity contribution in [2.45, 2.75) is 32.3 Å². The number of hydrogen-bond acceptors (Lipinski definition) is 5. The molecule has 1 heterocycles. The maximum Gasteiger partial charge on any atom is 0.273 e. The Kier molecular flexibility index (Phi) is 2.97. The lowest BCUT2D eigenvalue weighted by Crippen LogP contribution is -2.47. The van der Waals surface area contributed by atoms with E-state index in [1.54, 1.807) is 6.07 Å². The summed E-state index contributed by atoms with van der Waals surface area (Å²) in [5.41, 5.74) is 0.840. The third-order valence-corrected chi connectivity index (χ3v) is 3.66. The third kappa shape index (κ3) is 2.37. The second kappa shape index (κ2) is 4.58. The first-order chi connectivity index (χ1) is 9.87. The molecule has 0 saturated heterocycles. The number of hydrogen-bond donors (Lipinski definition) is 0. The largest absolute Gasteiger partial charge is 0.484 e. The number of fused-ring (bicyclic) bond motifs is 1. The summed E-state index contributed by atoms with van der Waals surface area (Å²) in [6, 6.07) is 4.51. The lowest BCUT2D eigenvalue weighted by atomic mass is 10.0. The Morgan fingerprint density at radius 1 is 1.38 bits per heavy atom. The number of rotatable bonds is 2. The molecule has 0 N–H and O–H groups in total. The number of non-ortho nitro benzene ring substituents is 1. The highest BCUT2D eigenvalue weighted by molar-refractivity contribution is 6.01.